The maximum Gasteiger partial charge on any atom is 0.186 e. The number of hydrogen-bond acceptors (Lipinski definition) is 1. The van der Waals surface area contributed by atoms with E-state index >= 15 is 0 Å². The lowest BCUT2D eigenvalue weighted by molar-refractivity contribution is 0.108. The van der Waals surface area contributed by atoms with Crippen LogP contribution in [0.1, 0.15) is 89.4 Å². The highest BCUT2D eigenvalue weighted by atomic mass is 31.1. The van der Waals surface area contributed by atoms with E-state index in [1.165, 1.54) is 16.7 Å². The van der Waals surface area contributed by atoms with Gasteiger partial charge in [0.15, 0.2) is 5.52 Å². The molecule has 0 radical (unpaired) electrons. The molecule has 2 aromatic carbocycles. The minimum atomic E-state index is -0.0899. The first-order valence-corrected chi connectivity index (χ1v) is 10.8. The minimum absolute atomic E-state index is 0.0449. The average molecular weight is 383 g/mol. The number of carbonyl (C=O) groups is 1. The number of benzene rings is 2. The van der Waals surface area contributed by atoms with Crippen LogP contribution in [0, 0.1) is 0 Å². The Morgan fingerprint density at radius 3 is 1.52 bits per heavy atom. The summed E-state index contributed by atoms with van der Waals surface area (Å²) in [5, 5.41) is 1.10. The SMILES string of the molecule is CC(C)(C)c1cc(C(C)(C)C)c(C(=O)Pc2ccccc2)c(C(C)(C)C)c1. The predicted octanol–water partition coefficient (Wildman–Crippen LogP) is 6.72. The summed E-state index contributed by atoms with van der Waals surface area (Å²) < 4.78 is 0. The Balaban J connectivity index is 2.74. The zero-order chi connectivity index (χ0) is 20.6. The Kier molecular flexibility index (Phi) is 6.08. The molecule has 1 atom stereocenters. The van der Waals surface area contributed by atoms with Crippen LogP contribution in [0.5, 0.6) is 0 Å². The van der Waals surface area contributed by atoms with Crippen molar-refractivity contribution in [2.24, 2.45) is 0 Å². The van der Waals surface area contributed by atoms with Crippen molar-refractivity contribution in [3.63, 3.8) is 0 Å². The van der Waals surface area contributed by atoms with E-state index < -0.39 is 0 Å². The van der Waals surface area contributed by atoms with Crippen molar-refractivity contribution in [2.75, 3.05) is 0 Å². The van der Waals surface area contributed by atoms with Gasteiger partial charge in [-0.1, -0.05) is 105 Å². The molecule has 0 aliphatic carbocycles. The average Bonchev–Trinajstić information content (AvgIpc) is 2.52. The van der Waals surface area contributed by atoms with Crippen LogP contribution in [0.25, 0.3) is 0 Å². The maximum absolute atomic E-state index is 13.5. The molecular weight excluding hydrogens is 347 g/mol. The summed E-state index contributed by atoms with van der Waals surface area (Å²) >= 11 is 0. The van der Waals surface area contributed by atoms with Crippen LogP contribution in [-0.4, -0.2) is 5.52 Å². The zero-order valence-corrected chi connectivity index (χ0v) is 19.4. The summed E-state index contributed by atoms with van der Waals surface area (Å²) in [5.74, 6) is 0. The molecule has 0 fully saturated rings. The van der Waals surface area contributed by atoms with Crippen LogP contribution in [0.2, 0.25) is 0 Å². The van der Waals surface area contributed by atoms with Crippen molar-refractivity contribution in [1.29, 1.82) is 0 Å². The van der Waals surface area contributed by atoms with Crippen LogP contribution in [0.3, 0.4) is 0 Å². The molecule has 2 aromatic rings. The van der Waals surface area contributed by atoms with E-state index in [0.29, 0.717) is 0 Å². The third kappa shape index (κ3) is 5.29. The summed E-state index contributed by atoms with van der Waals surface area (Å²) in [7, 11) is 0.151. The van der Waals surface area contributed by atoms with Crippen LogP contribution < -0.4 is 5.30 Å². The van der Waals surface area contributed by atoms with Crippen LogP contribution >= 0.6 is 8.58 Å². The zero-order valence-electron chi connectivity index (χ0n) is 18.4. The Morgan fingerprint density at radius 1 is 0.704 bits per heavy atom. The molecule has 0 saturated heterocycles. The molecule has 0 spiro atoms. The van der Waals surface area contributed by atoms with Crippen molar-refractivity contribution >= 4 is 19.4 Å². The van der Waals surface area contributed by atoms with Gasteiger partial charge in [-0.15, -0.1) is 0 Å². The first-order valence-electron chi connectivity index (χ1n) is 9.77. The molecule has 0 amide bonds. The topological polar surface area (TPSA) is 17.1 Å². The summed E-state index contributed by atoms with van der Waals surface area (Å²) in [6, 6.07) is 14.7. The maximum atomic E-state index is 13.5. The van der Waals surface area contributed by atoms with Gasteiger partial charge in [0.1, 0.15) is 0 Å². The third-order valence-electron chi connectivity index (χ3n) is 4.88. The smallest absolute Gasteiger partial charge is 0.186 e. The predicted molar refractivity (Wildman–Crippen MR) is 121 cm³/mol. The summed E-state index contributed by atoms with van der Waals surface area (Å²) in [5.41, 5.74) is 4.70. The molecule has 2 heteroatoms. The Labute approximate surface area is 167 Å². The molecule has 1 unspecified atom stereocenters. The van der Waals surface area contributed by atoms with Gasteiger partial charge >= 0.3 is 0 Å². The number of hydrogen-bond donors (Lipinski definition) is 0. The fourth-order valence-electron chi connectivity index (χ4n) is 3.22. The van der Waals surface area contributed by atoms with E-state index in [1.807, 2.05) is 30.3 Å². The molecule has 0 saturated carbocycles. The fraction of sp³-hybridized carbons (Fsp3) is 0.480. The quantitative estimate of drug-likeness (QED) is 0.538. The largest absolute Gasteiger partial charge is 0.289 e. The van der Waals surface area contributed by atoms with Gasteiger partial charge in [0, 0.05) is 5.56 Å². The van der Waals surface area contributed by atoms with Gasteiger partial charge in [-0.2, -0.15) is 0 Å². The normalized spacial score (nSPS) is 13.4. The van der Waals surface area contributed by atoms with Crippen LogP contribution in [0.4, 0.5) is 0 Å². The van der Waals surface area contributed by atoms with Gasteiger partial charge in [0.2, 0.25) is 0 Å². The van der Waals surface area contributed by atoms with Crippen molar-refractivity contribution in [2.45, 2.75) is 78.6 Å². The van der Waals surface area contributed by atoms with Gasteiger partial charge in [0.25, 0.3) is 0 Å². The second-order valence-corrected chi connectivity index (χ2v) is 11.8. The van der Waals surface area contributed by atoms with Crippen molar-refractivity contribution in [1.82, 2.24) is 0 Å². The number of carbonyl (C=O) groups excluding carboxylic acids is 1. The highest BCUT2D eigenvalue weighted by Gasteiger charge is 2.31. The standard InChI is InChI=1S/C25H35OP/c1-23(2,3)17-15-19(24(4,5)6)21(20(16-17)25(7,8)9)22(26)27-18-13-11-10-12-14-18/h10-16,27H,1-9H3. The highest BCUT2D eigenvalue weighted by molar-refractivity contribution is 7.66. The van der Waals surface area contributed by atoms with E-state index in [1.54, 1.807) is 0 Å². The Hall–Kier alpha value is -1.46. The molecule has 0 N–H and O–H groups in total. The van der Waals surface area contributed by atoms with E-state index in [4.69, 9.17) is 0 Å². The molecule has 0 bridgehead atoms. The Bertz CT molecular complexity index is 777. The van der Waals surface area contributed by atoms with Gasteiger partial charge in [-0.05, 0) is 46.8 Å². The number of rotatable bonds is 3. The molecule has 2 rings (SSSR count). The van der Waals surface area contributed by atoms with Crippen LogP contribution in [0.15, 0.2) is 42.5 Å². The summed E-state index contributed by atoms with van der Waals surface area (Å²) in [4.78, 5) is 13.5. The fourth-order valence-corrected chi connectivity index (χ4v) is 4.23. The molecule has 0 aromatic heterocycles. The summed E-state index contributed by atoms with van der Waals surface area (Å²) in [6.07, 6.45) is 0. The molecule has 0 aliphatic rings. The van der Waals surface area contributed by atoms with Gasteiger partial charge in [-0.3, -0.25) is 4.79 Å². The summed E-state index contributed by atoms with van der Waals surface area (Å²) in [6.45, 7) is 20.0. The first kappa shape index (κ1) is 21.8. The highest BCUT2D eigenvalue weighted by Crippen LogP contribution is 2.40. The van der Waals surface area contributed by atoms with Gasteiger partial charge < -0.3 is 0 Å². The van der Waals surface area contributed by atoms with Gasteiger partial charge in [-0.25, -0.2) is 0 Å². The minimum Gasteiger partial charge on any atom is -0.289 e. The Morgan fingerprint density at radius 2 is 1.15 bits per heavy atom. The third-order valence-corrected chi connectivity index (χ3v) is 5.98. The van der Waals surface area contributed by atoms with Gasteiger partial charge in [0.05, 0.1) is 0 Å². The lowest BCUT2D eigenvalue weighted by Crippen LogP contribution is -2.26. The van der Waals surface area contributed by atoms with Crippen molar-refractivity contribution < 1.29 is 4.79 Å². The molecule has 0 heterocycles. The van der Waals surface area contributed by atoms with E-state index in [-0.39, 0.29) is 30.4 Å². The van der Waals surface area contributed by atoms with E-state index in [0.717, 1.165) is 10.9 Å². The second kappa shape index (κ2) is 7.51. The second-order valence-electron chi connectivity index (χ2n) is 10.5. The van der Waals surface area contributed by atoms with Crippen molar-refractivity contribution in [3.8, 4) is 0 Å². The first-order chi connectivity index (χ1) is 12.2. The molecule has 0 aliphatic heterocycles. The lowest BCUT2D eigenvalue weighted by Gasteiger charge is -2.33. The molecule has 146 valence electrons. The van der Waals surface area contributed by atoms with Crippen LogP contribution in [-0.2, 0) is 16.2 Å². The molecular formula is C25H35OP. The van der Waals surface area contributed by atoms with E-state index in [9.17, 15) is 4.79 Å². The molecule has 27 heavy (non-hydrogen) atoms. The monoisotopic (exact) mass is 382 g/mol. The molecule has 1 nitrogen and oxygen atoms in total. The van der Waals surface area contributed by atoms with Crippen molar-refractivity contribution in [3.05, 3.63) is 64.7 Å². The van der Waals surface area contributed by atoms with E-state index in [2.05, 4.69) is 74.4 Å². The lowest BCUT2D eigenvalue weighted by atomic mass is 9.72.